The molecule has 1 N–H and O–H groups in total. The molecule has 1 aromatic carbocycles. The minimum absolute atomic E-state index is 0.0505. The van der Waals surface area contributed by atoms with Gasteiger partial charge in [-0.3, -0.25) is 19.5 Å². The maximum atomic E-state index is 13.8. The first-order valence-electron chi connectivity index (χ1n) is 15.1. The smallest absolute Gasteiger partial charge is 0.406 e. The number of carbonyl (C=O) groups is 2. The minimum atomic E-state index is -4.61. The van der Waals surface area contributed by atoms with Gasteiger partial charge in [-0.2, -0.15) is 13.2 Å². The van der Waals surface area contributed by atoms with E-state index in [2.05, 4.69) is 9.97 Å². The van der Waals surface area contributed by atoms with E-state index in [-0.39, 0.29) is 29.5 Å². The number of benzene rings is 1. The Morgan fingerprint density at radius 3 is 2.42 bits per heavy atom. The summed E-state index contributed by atoms with van der Waals surface area (Å²) in [6.45, 7) is 1.76. The first-order chi connectivity index (χ1) is 21.5. The van der Waals surface area contributed by atoms with E-state index >= 15 is 0 Å². The molecule has 12 heteroatoms. The normalized spacial score (nSPS) is 16.2. The maximum Gasteiger partial charge on any atom is 0.406 e. The summed E-state index contributed by atoms with van der Waals surface area (Å²) in [4.78, 5) is 36.3. The van der Waals surface area contributed by atoms with Gasteiger partial charge in [0.15, 0.2) is 0 Å². The lowest BCUT2D eigenvalue weighted by Crippen LogP contribution is -2.41. The summed E-state index contributed by atoms with van der Waals surface area (Å²) < 4.78 is 52.4. The number of piperidine rings is 1. The number of pyridine rings is 2. The van der Waals surface area contributed by atoms with Crippen LogP contribution in [-0.2, 0) is 4.79 Å². The van der Waals surface area contributed by atoms with E-state index < -0.39 is 24.6 Å². The Morgan fingerprint density at radius 2 is 1.78 bits per heavy atom. The van der Waals surface area contributed by atoms with Crippen LogP contribution in [0.5, 0.6) is 11.6 Å². The molecule has 0 spiro atoms. The van der Waals surface area contributed by atoms with Crippen molar-refractivity contribution in [1.82, 2.24) is 9.97 Å². The fraction of sp³-hybridized carbons (Fsp3) is 0.455. The number of hydrogen-bond acceptors (Lipinski definition) is 7. The highest BCUT2D eigenvalue weighted by Crippen LogP contribution is 2.45. The van der Waals surface area contributed by atoms with Gasteiger partial charge in [0, 0.05) is 49.0 Å². The Hall–Kier alpha value is -4.35. The molecule has 1 amide bonds. The number of amides is 1. The highest BCUT2D eigenvalue weighted by Gasteiger charge is 2.36. The number of carboxylic acids is 1. The molecule has 1 saturated heterocycles. The van der Waals surface area contributed by atoms with Crippen LogP contribution in [0.1, 0.15) is 59.6 Å². The fourth-order valence-corrected chi connectivity index (χ4v) is 5.91. The number of halogens is 3. The van der Waals surface area contributed by atoms with Crippen LogP contribution in [0.3, 0.4) is 0 Å². The fourth-order valence-electron chi connectivity index (χ4n) is 5.91. The van der Waals surface area contributed by atoms with Crippen LogP contribution in [0.15, 0.2) is 54.9 Å². The number of carboxylic acid groups (broad SMARTS) is 1. The third-order valence-electron chi connectivity index (χ3n) is 8.40. The zero-order valence-corrected chi connectivity index (χ0v) is 25.3. The molecular weight excluding hydrogens is 589 g/mol. The van der Waals surface area contributed by atoms with Crippen LogP contribution in [0.4, 0.5) is 24.5 Å². The second-order valence-corrected chi connectivity index (χ2v) is 11.8. The van der Waals surface area contributed by atoms with Gasteiger partial charge in [0.1, 0.15) is 12.3 Å². The van der Waals surface area contributed by atoms with Gasteiger partial charge in [-0.05, 0) is 86.3 Å². The topological polar surface area (TPSA) is 105 Å². The number of ether oxygens (including phenoxy) is 2. The standard InChI is InChI=1S/C33H37F3N4O5/c1-21-15-25(8-12-37-21)40(20-33(34,35)36)32(43)27-6-5-26(44-2)17-29(27)39-13-9-22(10-14-39)19-45-30-16-24(7-11-38-30)28(18-31(41)42)23-3-4-23/h5-8,11-12,15-17,22-23,28H,3-4,9-10,13-14,18-20H2,1-2H3,(H,41,42). The summed E-state index contributed by atoms with van der Waals surface area (Å²) in [5, 5.41) is 9.35. The number of methoxy groups -OCH3 is 1. The van der Waals surface area contributed by atoms with E-state index in [9.17, 15) is 27.9 Å². The SMILES string of the molecule is COc1ccc(C(=O)N(CC(F)(F)F)c2ccnc(C)c2)c(N2CCC(COc3cc(C(CC(=O)O)C4CC4)ccn3)CC2)c1. The van der Waals surface area contributed by atoms with Crippen molar-refractivity contribution in [2.24, 2.45) is 11.8 Å². The average Bonchev–Trinajstić information content (AvgIpc) is 3.86. The second kappa shape index (κ2) is 13.7. The maximum absolute atomic E-state index is 13.8. The van der Waals surface area contributed by atoms with Gasteiger partial charge in [0.25, 0.3) is 5.91 Å². The molecule has 1 atom stereocenters. The van der Waals surface area contributed by atoms with Crippen LogP contribution in [-0.4, -0.2) is 66.5 Å². The monoisotopic (exact) mass is 626 g/mol. The summed E-state index contributed by atoms with van der Waals surface area (Å²) in [6.07, 6.45) is 2.02. The average molecular weight is 627 g/mol. The molecule has 240 valence electrons. The Bertz CT molecular complexity index is 1510. The lowest BCUT2D eigenvalue weighted by atomic mass is 9.92. The first kappa shape index (κ1) is 32.1. The number of anilines is 2. The molecule has 5 rings (SSSR count). The molecular formula is C33H37F3N4O5. The molecule has 3 aromatic rings. The lowest BCUT2D eigenvalue weighted by Gasteiger charge is -2.35. The summed E-state index contributed by atoms with van der Waals surface area (Å²) in [5.41, 5.74) is 2.20. The largest absolute Gasteiger partial charge is 0.497 e. The van der Waals surface area contributed by atoms with Crippen molar-refractivity contribution < 1.29 is 37.3 Å². The molecule has 1 aliphatic carbocycles. The Kier molecular flexibility index (Phi) is 9.79. The molecule has 2 aromatic heterocycles. The van der Waals surface area contributed by atoms with Gasteiger partial charge < -0.3 is 19.5 Å². The van der Waals surface area contributed by atoms with E-state index in [0.29, 0.717) is 48.6 Å². The Morgan fingerprint density at radius 1 is 1.04 bits per heavy atom. The van der Waals surface area contributed by atoms with Gasteiger partial charge in [0.2, 0.25) is 5.88 Å². The van der Waals surface area contributed by atoms with Crippen molar-refractivity contribution in [2.75, 3.05) is 43.2 Å². The molecule has 9 nitrogen and oxygen atoms in total. The predicted octanol–water partition coefficient (Wildman–Crippen LogP) is 6.27. The number of carbonyl (C=O) groups excluding carboxylic acids is 1. The van der Waals surface area contributed by atoms with Crippen LogP contribution < -0.4 is 19.3 Å². The highest BCUT2D eigenvalue weighted by atomic mass is 19.4. The summed E-state index contributed by atoms with van der Waals surface area (Å²) in [5.74, 6) is -0.112. The zero-order chi connectivity index (χ0) is 32.1. The van der Waals surface area contributed by atoms with Crippen LogP contribution in [0.25, 0.3) is 0 Å². The van der Waals surface area contributed by atoms with Gasteiger partial charge in [0.05, 0.1) is 31.4 Å². The number of alkyl halides is 3. The van der Waals surface area contributed by atoms with E-state index in [4.69, 9.17) is 9.47 Å². The Labute approximate surface area is 260 Å². The number of aromatic nitrogens is 2. The van der Waals surface area contributed by atoms with Crippen molar-refractivity contribution >= 4 is 23.3 Å². The van der Waals surface area contributed by atoms with E-state index in [1.54, 1.807) is 25.3 Å². The summed E-state index contributed by atoms with van der Waals surface area (Å²) >= 11 is 0. The molecule has 0 radical (unpaired) electrons. The quantitative estimate of drug-likeness (QED) is 0.251. The third kappa shape index (κ3) is 8.43. The number of hydrogen-bond donors (Lipinski definition) is 1. The van der Waals surface area contributed by atoms with Crippen LogP contribution in [0, 0.1) is 18.8 Å². The molecule has 1 aliphatic heterocycles. The van der Waals surface area contributed by atoms with Crippen molar-refractivity contribution in [3.05, 3.63) is 71.7 Å². The summed E-state index contributed by atoms with van der Waals surface area (Å²) in [7, 11) is 1.50. The van der Waals surface area contributed by atoms with E-state index in [0.717, 1.165) is 36.1 Å². The molecule has 45 heavy (non-hydrogen) atoms. The van der Waals surface area contributed by atoms with Crippen molar-refractivity contribution in [1.29, 1.82) is 0 Å². The number of rotatable bonds is 12. The molecule has 1 unspecified atom stereocenters. The third-order valence-corrected chi connectivity index (χ3v) is 8.40. The highest BCUT2D eigenvalue weighted by molar-refractivity contribution is 6.10. The molecule has 3 heterocycles. The van der Waals surface area contributed by atoms with Crippen LogP contribution >= 0.6 is 0 Å². The molecule has 2 fully saturated rings. The van der Waals surface area contributed by atoms with Gasteiger partial charge in [-0.1, -0.05) is 0 Å². The van der Waals surface area contributed by atoms with Crippen molar-refractivity contribution in [3.8, 4) is 11.6 Å². The molecule has 0 bridgehead atoms. The molecule has 1 saturated carbocycles. The number of aliphatic carboxylic acids is 1. The zero-order valence-electron chi connectivity index (χ0n) is 25.3. The number of nitrogens with zero attached hydrogens (tertiary/aromatic N) is 4. The summed E-state index contributed by atoms with van der Waals surface area (Å²) in [6, 6.07) is 11.3. The Balaban J connectivity index is 1.28. The lowest BCUT2D eigenvalue weighted by molar-refractivity contribution is -0.137. The molecule has 2 aliphatic rings. The van der Waals surface area contributed by atoms with Gasteiger partial charge in [-0.25, -0.2) is 4.98 Å². The minimum Gasteiger partial charge on any atom is -0.497 e. The van der Waals surface area contributed by atoms with Crippen molar-refractivity contribution in [3.63, 3.8) is 0 Å². The van der Waals surface area contributed by atoms with Crippen molar-refractivity contribution in [2.45, 2.75) is 51.1 Å². The van der Waals surface area contributed by atoms with E-state index in [1.807, 2.05) is 17.0 Å². The van der Waals surface area contributed by atoms with Gasteiger partial charge in [-0.15, -0.1) is 0 Å². The van der Waals surface area contributed by atoms with E-state index in [1.165, 1.54) is 31.5 Å². The van der Waals surface area contributed by atoms with Gasteiger partial charge >= 0.3 is 12.1 Å². The predicted molar refractivity (Wildman–Crippen MR) is 162 cm³/mol. The number of aryl methyl sites for hydroxylation is 1. The first-order valence-corrected chi connectivity index (χ1v) is 15.1. The second-order valence-electron chi connectivity index (χ2n) is 11.8. The van der Waals surface area contributed by atoms with Crippen LogP contribution in [0.2, 0.25) is 0 Å².